The summed E-state index contributed by atoms with van der Waals surface area (Å²) in [6, 6.07) is 14.7. The topological polar surface area (TPSA) is 56.9 Å². The van der Waals surface area contributed by atoms with E-state index in [2.05, 4.69) is 11.1 Å². The maximum absolute atomic E-state index is 10.5. The molecule has 1 atom stereocenters. The number of pyridine rings is 1. The maximum Gasteiger partial charge on any atom is 0.0991 e. The molecule has 0 bridgehead atoms. The van der Waals surface area contributed by atoms with Crippen LogP contribution in [0, 0.1) is 11.3 Å². The molecule has 0 aliphatic carbocycles. The monoisotopic (exact) mass is 238 g/mol. The molecule has 0 radical (unpaired) electrons. The Bertz CT molecular complexity index is 553. The fourth-order valence-corrected chi connectivity index (χ4v) is 1.86. The molecule has 0 aliphatic rings. The van der Waals surface area contributed by atoms with Crippen molar-refractivity contribution in [3.8, 4) is 6.07 Å². The molecule has 1 aromatic carbocycles. The highest BCUT2D eigenvalue weighted by atomic mass is 16.3. The molecule has 0 amide bonds. The summed E-state index contributed by atoms with van der Waals surface area (Å²) >= 11 is 0. The van der Waals surface area contributed by atoms with Crippen LogP contribution in [0.2, 0.25) is 0 Å². The van der Waals surface area contributed by atoms with Crippen LogP contribution in [0.1, 0.15) is 23.7 Å². The van der Waals surface area contributed by atoms with E-state index in [0.29, 0.717) is 12.0 Å². The first-order chi connectivity index (χ1) is 8.62. The summed E-state index contributed by atoms with van der Waals surface area (Å²) in [7, 11) is 0. The van der Waals surface area contributed by atoms with Crippen molar-refractivity contribution < 1.29 is 5.11 Å². The summed E-state index contributed by atoms with van der Waals surface area (Å²) < 4.78 is 0. The lowest BCUT2D eigenvalue weighted by Gasteiger charge is -2.23. The molecule has 2 rings (SSSR count). The molecule has 2 aromatic rings. The van der Waals surface area contributed by atoms with Crippen molar-refractivity contribution in [3.05, 3.63) is 65.5 Å². The molecule has 0 aliphatic heterocycles. The fraction of sp³-hybridized carbons (Fsp3) is 0.200. The lowest BCUT2D eigenvalue weighted by atomic mass is 9.90. The highest BCUT2D eigenvalue weighted by molar-refractivity contribution is 5.34. The first-order valence-corrected chi connectivity index (χ1v) is 5.75. The Morgan fingerprint density at radius 2 is 1.94 bits per heavy atom. The summed E-state index contributed by atoms with van der Waals surface area (Å²) in [6.07, 6.45) is 2.16. The zero-order valence-electron chi connectivity index (χ0n) is 10.2. The van der Waals surface area contributed by atoms with Gasteiger partial charge in [-0.1, -0.05) is 18.2 Å². The number of hydrogen-bond acceptors (Lipinski definition) is 3. The number of hydrogen-bond donors (Lipinski definition) is 1. The minimum Gasteiger partial charge on any atom is -0.385 e. The molecule has 1 aromatic heterocycles. The van der Waals surface area contributed by atoms with Crippen molar-refractivity contribution in [2.45, 2.75) is 18.9 Å². The summed E-state index contributed by atoms with van der Waals surface area (Å²) in [5.74, 6) is 0. The van der Waals surface area contributed by atoms with Gasteiger partial charge in [0.05, 0.1) is 17.2 Å². The molecule has 90 valence electrons. The van der Waals surface area contributed by atoms with Gasteiger partial charge in [-0.3, -0.25) is 4.98 Å². The van der Waals surface area contributed by atoms with E-state index in [0.717, 1.165) is 11.3 Å². The maximum atomic E-state index is 10.5. The third-order valence-corrected chi connectivity index (χ3v) is 2.89. The van der Waals surface area contributed by atoms with Crippen LogP contribution < -0.4 is 0 Å². The predicted octanol–water partition coefficient (Wildman–Crippen LogP) is 2.40. The quantitative estimate of drug-likeness (QED) is 0.893. The smallest absolute Gasteiger partial charge is 0.0991 e. The molecule has 0 saturated heterocycles. The Labute approximate surface area is 106 Å². The lowest BCUT2D eigenvalue weighted by molar-refractivity contribution is 0.0566. The number of aromatic nitrogens is 1. The number of aliphatic hydroxyl groups is 1. The van der Waals surface area contributed by atoms with Gasteiger partial charge in [-0.15, -0.1) is 0 Å². The van der Waals surface area contributed by atoms with E-state index in [1.165, 1.54) is 0 Å². The van der Waals surface area contributed by atoms with Crippen LogP contribution in [-0.4, -0.2) is 10.1 Å². The van der Waals surface area contributed by atoms with Gasteiger partial charge in [0.15, 0.2) is 0 Å². The molecule has 1 unspecified atom stereocenters. The summed E-state index contributed by atoms with van der Waals surface area (Å²) in [5, 5.41) is 19.2. The van der Waals surface area contributed by atoms with E-state index >= 15 is 0 Å². The predicted molar refractivity (Wildman–Crippen MR) is 68.7 cm³/mol. The van der Waals surface area contributed by atoms with Crippen LogP contribution in [0.5, 0.6) is 0 Å². The third-order valence-electron chi connectivity index (χ3n) is 2.89. The van der Waals surface area contributed by atoms with Gasteiger partial charge in [0.25, 0.3) is 0 Å². The van der Waals surface area contributed by atoms with E-state index in [-0.39, 0.29) is 0 Å². The molecular weight excluding hydrogens is 224 g/mol. The van der Waals surface area contributed by atoms with Crippen molar-refractivity contribution in [1.82, 2.24) is 4.98 Å². The van der Waals surface area contributed by atoms with Crippen LogP contribution in [-0.2, 0) is 12.0 Å². The Balaban J connectivity index is 2.22. The van der Waals surface area contributed by atoms with Gasteiger partial charge in [-0.25, -0.2) is 0 Å². The van der Waals surface area contributed by atoms with E-state index in [4.69, 9.17) is 5.26 Å². The van der Waals surface area contributed by atoms with Crippen LogP contribution in [0.15, 0.2) is 48.7 Å². The zero-order valence-corrected chi connectivity index (χ0v) is 10.2. The summed E-state index contributed by atoms with van der Waals surface area (Å²) in [4.78, 5) is 4.21. The normalized spacial score (nSPS) is 13.6. The van der Waals surface area contributed by atoms with Crippen LogP contribution >= 0.6 is 0 Å². The first kappa shape index (κ1) is 12.3. The highest BCUT2D eigenvalue weighted by Gasteiger charge is 2.23. The molecule has 3 heteroatoms. The van der Waals surface area contributed by atoms with E-state index in [9.17, 15) is 5.11 Å². The molecule has 0 fully saturated rings. The lowest BCUT2D eigenvalue weighted by Crippen LogP contribution is -2.24. The van der Waals surface area contributed by atoms with Crippen LogP contribution in [0.4, 0.5) is 0 Å². The zero-order chi connectivity index (χ0) is 13.0. The molecule has 0 spiro atoms. The van der Waals surface area contributed by atoms with Crippen LogP contribution in [0.3, 0.4) is 0 Å². The van der Waals surface area contributed by atoms with Crippen molar-refractivity contribution in [1.29, 1.82) is 5.26 Å². The second-order valence-corrected chi connectivity index (χ2v) is 4.46. The molecule has 0 saturated carbocycles. The second kappa shape index (κ2) is 4.99. The Hall–Kier alpha value is -2.18. The molecule has 18 heavy (non-hydrogen) atoms. The Morgan fingerprint density at radius 1 is 1.22 bits per heavy atom. The van der Waals surface area contributed by atoms with Gasteiger partial charge in [-0.2, -0.15) is 5.26 Å². The number of benzene rings is 1. The molecule has 1 N–H and O–H groups in total. The fourth-order valence-electron chi connectivity index (χ4n) is 1.86. The van der Waals surface area contributed by atoms with Gasteiger partial charge in [0.2, 0.25) is 0 Å². The highest BCUT2D eigenvalue weighted by Crippen LogP contribution is 2.24. The summed E-state index contributed by atoms with van der Waals surface area (Å²) in [6.45, 7) is 1.75. The number of rotatable bonds is 3. The van der Waals surface area contributed by atoms with Crippen molar-refractivity contribution in [2.75, 3.05) is 0 Å². The van der Waals surface area contributed by atoms with E-state index < -0.39 is 5.60 Å². The minimum atomic E-state index is -0.984. The molecule has 3 nitrogen and oxygen atoms in total. The van der Waals surface area contributed by atoms with Gasteiger partial charge < -0.3 is 5.11 Å². The van der Waals surface area contributed by atoms with Crippen molar-refractivity contribution >= 4 is 0 Å². The average molecular weight is 238 g/mol. The average Bonchev–Trinajstić information content (AvgIpc) is 2.39. The van der Waals surface area contributed by atoms with Gasteiger partial charge in [0, 0.05) is 18.3 Å². The molecule has 1 heterocycles. The Kier molecular flexibility index (Phi) is 3.40. The van der Waals surface area contributed by atoms with Crippen molar-refractivity contribution in [2.24, 2.45) is 0 Å². The SMILES string of the molecule is CC(O)(Cc1ccccn1)c1ccc(C#N)cc1. The Morgan fingerprint density at radius 3 is 2.50 bits per heavy atom. The van der Waals surface area contributed by atoms with Crippen LogP contribution in [0.25, 0.3) is 0 Å². The standard InChI is InChI=1S/C15H14N2O/c1-15(18,10-14-4-2-3-9-17-14)13-7-5-12(11-16)6-8-13/h2-9,18H,10H2,1H3. The van der Waals surface area contributed by atoms with Gasteiger partial charge in [-0.05, 0) is 36.8 Å². The number of nitrogens with zero attached hydrogens (tertiary/aromatic N) is 2. The largest absolute Gasteiger partial charge is 0.385 e. The van der Waals surface area contributed by atoms with Crippen molar-refractivity contribution in [3.63, 3.8) is 0 Å². The summed E-state index contributed by atoms with van der Waals surface area (Å²) in [5.41, 5.74) is 1.23. The second-order valence-electron chi connectivity index (χ2n) is 4.46. The van der Waals surface area contributed by atoms with Gasteiger partial charge >= 0.3 is 0 Å². The van der Waals surface area contributed by atoms with E-state index in [1.54, 1.807) is 37.4 Å². The van der Waals surface area contributed by atoms with Gasteiger partial charge in [0.1, 0.15) is 0 Å². The number of nitriles is 1. The molecular formula is C15H14N2O. The van der Waals surface area contributed by atoms with E-state index in [1.807, 2.05) is 18.2 Å². The third kappa shape index (κ3) is 2.73. The first-order valence-electron chi connectivity index (χ1n) is 5.75. The minimum absolute atomic E-state index is 0.444.